The molecule has 0 unspecified atom stereocenters. The standard InChI is InChI=1S/C23H22BrNO3/c1-3-27-19-9-8-18(16-10-12-25(2)13-11-16)23-21(19)22(26)20(28-23)14-15-4-6-17(24)7-5-15/h4-10,14H,3,11-13H2,1-2H3/b20-14-. The van der Waals surface area contributed by atoms with Crippen LogP contribution in [0.3, 0.4) is 0 Å². The van der Waals surface area contributed by atoms with Crippen LogP contribution in [-0.4, -0.2) is 37.4 Å². The van der Waals surface area contributed by atoms with Gasteiger partial charge >= 0.3 is 0 Å². The maximum atomic E-state index is 13.1. The molecule has 2 aromatic carbocycles. The lowest BCUT2D eigenvalue weighted by atomic mass is 9.95. The van der Waals surface area contributed by atoms with Crippen molar-refractivity contribution in [2.45, 2.75) is 13.3 Å². The second-order valence-corrected chi connectivity index (χ2v) is 7.90. The average Bonchev–Trinajstić information content (AvgIpc) is 3.02. The molecule has 0 N–H and O–H groups in total. The van der Waals surface area contributed by atoms with Gasteiger partial charge in [-0.15, -0.1) is 0 Å². The number of ketones is 1. The zero-order chi connectivity index (χ0) is 19.7. The van der Waals surface area contributed by atoms with Crippen LogP contribution >= 0.6 is 15.9 Å². The van der Waals surface area contributed by atoms with E-state index in [1.807, 2.05) is 43.3 Å². The molecule has 4 nitrogen and oxygen atoms in total. The fourth-order valence-electron chi connectivity index (χ4n) is 3.51. The average molecular weight is 440 g/mol. The molecule has 2 aliphatic rings. The van der Waals surface area contributed by atoms with E-state index in [-0.39, 0.29) is 5.78 Å². The second-order valence-electron chi connectivity index (χ2n) is 6.98. The Kier molecular flexibility index (Phi) is 5.38. The molecule has 4 rings (SSSR count). The van der Waals surface area contributed by atoms with Crippen LogP contribution in [0.15, 0.2) is 52.7 Å². The molecule has 2 aliphatic heterocycles. The Morgan fingerprint density at radius 2 is 2.00 bits per heavy atom. The molecule has 0 radical (unpaired) electrons. The molecule has 2 aromatic rings. The predicted octanol–water partition coefficient (Wildman–Crippen LogP) is 5.18. The van der Waals surface area contributed by atoms with Gasteiger partial charge in [-0.2, -0.15) is 0 Å². The van der Waals surface area contributed by atoms with Crippen LogP contribution in [0.4, 0.5) is 0 Å². The van der Waals surface area contributed by atoms with Gasteiger partial charge in [0, 0.05) is 23.1 Å². The Hall–Kier alpha value is -2.37. The molecule has 28 heavy (non-hydrogen) atoms. The largest absolute Gasteiger partial charge is 0.493 e. The molecule has 0 aromatic heterocycles. The number of rotatable bonds is 4. The number of nitrogens with zero attached hydrogens (tertiary/aromatic N) is 1. The van der Waals surface area contributed by atoms with Gasteiger partial charge in [-0.05, 0) is 61.9 Å². The maximum absolute atomic E-state index is 13.1. The summed E-state index contributed by atoms with van der Waals surface area (Å²) in [5.74, 6) is 1.41. The minimum atomic E-state index is -0.128. The maximum Gasteiger partial charge on any atom is 0.235 e. The fourth-order valence-corrected chi connectivity index (χ4v) is 3.78. The lowest BCUT2D eigenvalue weighted by Crippen LogP contribution is -2.23. The van der Waals surface area contributed by atoms with Crippen molar-refractivity contribution in [3.63, 3.8) is 0 Å². The molecule has 144 valence electrons. The van der Waals surface area contributed by atoms with E-state index in [1.54, 1.807) is 6.08 Å². The fraction of sp³-hybridized carbons (Fsp3) is 0.261. The van der Waals surface area contributed by atoms with E-state index in [0.717, 1.165) is 35.1 Å². The first kappa shape index (κ1) is 19.0. The summed E-state index contributed by atoms with van der Waals surface area (Å²) in [6.45, 7) is 4.30. The van der Waals surface area contributed by atoms with Gasteiger partial charge in [-0.3, -0.25) is 4.79 Å². The van der Waals surface area contributed by atoms with Crippen LogP contribution in [-0.2, 0) is 0 Å². The molecule has 0 spiro atoms. The summed E-state index contributed by atoms with van der Waals surface area (Å²) in [7, 11) is 2.11. The highest BCUT2D eigenvalue weighted by molar-refractivity contribution is 9.10. The lowest BCUT2D eigenvalue weighted by molar-refractivity contribution is 0.101. The van der Waals surface area contributed by atoms with Crippen molar-refractivity contribution >= 4 is 33.4 Å². The zero-order valence-corrected chi connectivity index (χ0v) is 17.6. The first-order valence-corrected chi connectivity index (χ1v) is 10.2. The van der Waals surface area contributed by atoms with Gasteiger partial charge in [0.2, 0.25) is 5.78 Å². The topological polar surface area (TPSA) is 38.8 Å². The molecule has 0 aliphatic carbocycles. The first-order valence-electron chi connectivity index (χ1n) is 9.44. The number of benzene rings is 2. The Morgan fingerprint density at radius 1 is 1.21 bits per heavy atom. The minimum absolute atomic E-state index is 0.128. The molecule has 0 saturated carbocycles. The number of allylic oxidation sites excluding steroid dienone is 1. The summed E-state index contributed by atoms with van der Waals surface area (Å²) in [6, 6.07) is 11.7. The Bertz CT molecular complexity index is 976. The van der Waals surface area contributed by atoms with Crippen LogP contribution in [0.2, 0.25) is 0 Å². The second kappa shape index (κ2) is 7.94. The highest BCUT2D eigenvalue weighted by atomic mass is 79.9. The van der Waals surface area contributed by atoms with Crippen LogP contribution in [0, 0.1) is 0 Å². The van der Waals surface area contributed by atoms with Crippen LogP contribution in [0.25, 0.3) is 11.6 Å². The van der Waals surface area contributed by atoms with Gasteiger partial charge in [0.25, 0.3) is 0 Å². The monoisotopic (exact) mass is 439 g/mol. The van der Waals surface area contributed by atoms with Gasteiger partial charge in [0.05, 0.1) is 6.61 Å². The summed E-state index contributed by atoms with van der Waals surface area (Å²) in [4.78, 5) is 15.4. The van der Waals surface area contributed by atoms with E-state index in [1.165, 1.54) is 5.57 Å². The summed E-state index contributed by atoms with van der Waals surface area (Å²) >= 11 is 3.43. The van der Waals surface area contributed by atoms with Crippen molar-refractivity contribution in [3.8, 4) is 11.5 Å². The quantitative estimate of drug-likeness (QED) is 0.614. The number of carbonyl (C=O) groups is 1. The third-order valence-electron chi connectivity index (χ3n) is 5.01. The van der Waals surface area contributed by atoms with E-state index >= 15 is 0 Å². The Morgan fingerprint density at radius 3 is 2.68 bits per heavy atom. The summed E-state index contributed by atoms with van der Waals surface area (Å²) in [5.41, 5.74) is 3.65. The number of halogens is 1. The number of carbonyl (C=O) groups excluding carboxylic acids is 1. The number of Topliss-reactive ketones (excluding diaryl/α,β-unsaturated/α-hetero) is 1. The van der Waals surface area contributed by atoms with Gasteiger partial charge in [0.15, 0.2) is 5.76 Å². The molecular weight excluding hydrogens is 418 g/mol. The Balaban J connectivity index is 1.77. The highest BCUT2D eigenvalue weighted by Crippen LogP contribution is 2.44. The molecule has 0 bridgehead atoms. The van der Waals surface area contributed by atoms with E-state index in [9.17, 15) is 4.79 Å². The van der Waals surface area contributed by atoms with Crippen molar-refractivity contribution < 1.29 is 14.3 Å². The normalized spacial score (nSPS) is 18.0. The number of ether oxygens (including phenoxy) is 2. The number of hydrogen-bond donors (Lipinski definition) is 0. The summed E-state index contributed by atoms with van der Waals surface area (Å²) in [6.07, 6.45) is 4.93. The van der Waals surface area contributed by atoms with E-state index in [0.29, 0.717) is 29.4 Å². The molecular formula is C23H22BrNO3. The van der Waals surface area contributed by atoms with E-state index < -0.39 is 0 Å². The summed E-state index contributed by atoms with van der Waals surface area (Å²) < 4.78 is 12.8. The third-order valence-corrected chi connectivity index (χ3v) is 5.54. The molecule has 2 heterocycles. The van der Waals surface area contributed by atoms with Gasteiger partial charge in [-0.25, -0.2) is 0 Å². The van der Waals surface area contributed by atoms with E-state index in [4.69, 9.17) is 9.47 Å². The predicted molar refractivity (Wildman–Crippen MR) is 115 cm³/mol. The SMILES string of the molecule is CCOc1ccc(C2=CCN(C)CC2)c2c1C(=O)/C(=C/c1ccc(Br)cc1)O2. The van der Waals surface area contributed by atoms with E-state index in [2.05, 4.69) is 34.0 Å². The van der Waals surface area contributed by atoms with Gasteiger partial charge in [0.1, 0.15) is 17.1 Å². The molecule has 0 saturated heterocycles. The van der Waals surface area contributed by atoms with Crippen molar-refractivity contribution in [3.05, 3.63) is 69.4 Å². The van der Waals surface area contributed by atoms with Crippen molar-refractivity contribution in [1.82, 2.24) is 4.90 Å². The Labute approximate surface area is 173 Å². The first-order chi connectivity index (χ1) is 13.6. The van der Waals surface area contributed by atoms with Gasteiger partial charge < -0.3 is 14.4 Å². The molecule has 0 amide bonds. The number of hydrogen-bond acceptors (Lipinski definition) is 4. The summed E-state index contributed by atoms with van der Waals surface area (Å²) in [5, 5.41) is 0. The van der Waals surface area contributed by atoms with Crippen LogP contribution < -0.4 is 9.47 Å². The molecule has 0 fully saturated rings. The third kappa shape index (κ3) is 3.64. The number of likely N-dealkylation sites (N-methyl/N-ethyl adjacent to an activating group) is 1. The van der Waals surface area contributed by atoms with Gasteiger partial charge in [-0.1, -0.05) is 34.1 Å². The highest BCUT2D eigenvalue weighted by Gasteiger charge is 2.34. The zero-order valence-electron chi connectivity index (χ0n) is 16.0. The lowest BCUT2D eigenvalue weighted by Gasteiger charge is -2.23. The van der Waals surface area contributed by atoms with Crippen LogP contribution in [0.5, 0.6) is 11.5 Å². The minimum Gasteiger partial charge on any atom is -0.493 e. The van der Waals surface area contributed by atoms with Crippen molar-refractivity contribution in [1.29, 1.82) is 0 Å². The van der Waals surface area contributed by atoms with Crippen LogP contribution in [0.1, 0.15) is 34.8 Å². The van der Waals surface area contributed by atoms with Crippen molar-refractivity contribution in [2.24, 2.45) is 0 Å². The molecule has 5 heteroatoms. The smallest absolute Gasteiger partial charge is 0.235 e. The van der Waals surface area contributed by atoms with Crippen molar-refractivity contribution in [2.75, 3.05) is 26.7 Å². The molecule has 0 atom stereocenters. The number of fused-ring (bicyclic) bond motifs is 1.